The standard InChI is InChI=1S/C21H18ClNO4/c1-26-20(24)16-12-23(14-8-4-3-5-9-14)13-17(21(25)27-2)19(16)15-10-6-7-11-18(15)22/h3-13,19H,1-2H3. The lowest BCUT2D eigenvalue weighted by Crippen LogP contribution is -2.28. The molecule has 0 bridgehead atoms. The summed E-state index contributed by atoms with van der Waals surface area (Å²) in [6.07, 6.45) is 3.31. The molecular formula is C21H18ClNO4. The highest BCUT2D eigenvalue weighted by atomic mass is 35.5. The van der Waals surface area contributed by atoms with Gasteiger partial charge < -0.3 is 14.4 Å². The van der Waals surface area contributed by atoms with Gasteiger partial charge in [-0.05, 0) is 23.8 Å². The molecule has 0 aliphatic carbocycles. The van der Waals surface area contributed by atoms with E-state index in [1.54, 1.807) is 41.6 Å². The Kier molecular flexibility index (Phi) is 5.62. The highest BCUT2D eigenvalue weighted by Crippen LogP contribution is 2.40. The quantitative estimate of drug-likeness (QED) is 0.745. The van der Waals surface area contributed by atoms with Crippen molar-refractivity contribution in [2.45, 2.75) is 5.92 Å². The minimum Gasteiger partial charge on any atom is -0.466 e. The summed E-state index contributed by atoms with van der Waals surface area (Å²) in [7, 11) is 2.60. The van der Waals surface area contributed by atoms with Crippen molar-refractivity contribution >= 4 is 29.2 Å². The van der Waals surface area contributed by atoms with Crippen LogP contribution in [0.3, 0.4) is 0 Å². The Morgan fingerprint density at radius 1 is 0.852 bits per heavy atom. The van der Waals surface area contributed by atoms with E-state index in [4.69, 9.17) is 21.1 Å². The van der Waals surface area contributed by atoms with Crippen molar-refractivity contribution in [2.75, 3.05) is 19.1 Å². The van der Waals surface area contributed by atoms with E-state index in [0.29, 0.717) is 10.6 Å². The highest BCUT2D eigenvalue weighted by molar-refractivity contribution is 6.31. The second-order valence-corrected chi connectivity index (χ2v) is 6.26. The zero-order valence-electron chi connectivity index (χ0n) is 14.9. The third kappa shape index (κ3) is 3.73. The molecule has 1 aliphatic heterocycles. The molecule has 0 saturated heterocycles. The Balaban J connectivity index is 2.20. The molecule has 5 nitrogen and oxygen atoms in total. The largest absolute Gasteiger partial charge is 0.466 e. The van der Waals surface area contributed by atoms with E-state index in [1.165, 1.54) is 14.2 Å². The van der Waals surface area contributed by atoms with Gasteiger partial charge >= 0.3 is 11.9 Å². The molecule has 2 aromatic carbocycles. The number of ether oxygens (including phenoxy) is 2. The molecule has 138 valence electrons. The van der Waals surface area contributed by atoms with Crippen molar-refractivity contribution < 1.29 is 19.1 Å². The van der Waals surface area contributed by atoms with Crippen LogP contribution in [0.15, 0.2) is 78.1 Å². The Hall–Kier alpha value is -3.05. The fourth-order valence-corrected chi connectivity index (χ4v) is 3.27. The molecule has 0 N–H and O–H groups in total. The van der Waals surface area contributed by atoms with Crippen LogP contribution in [-0.4, -0.2) is 26.2 Å². The lowest BCUT2D eigenvalue weighted by molar-refractivity contribution is -0.137. The van der Waals surface area contributed by atoms with Gasteiger partial charge in [0.05, 0.1) is 31.3 Å². The Bertz CT molecular complexity index is 887. The van der Waals surface area contributed by atoms with Crippen LogP contribution in [-0.2, 0) is 19.1 Å². The fraction of sp³-hybridized carbons (Fsp3) is 0.143. The molecule has 0 spiro atoms. The molecule has 6 heteroatoms. The summed E-state index contributed by atoms with van der Waals surface area (Å²) in [5.74, 6) is -1.79. The number of methoxy groups -OCH3 is 2. The summed E-state index contributed by atoms with van der Waals surface area (Å²) in [6, 6.07) is 16.4. The van der Waals surface area contributed by atoms with Crippen molar-refractivity contribution in [1.82, 2.24) is 0 Å². The average Bonchev–Trinajstić information content (AvgIpc) is 2.72. The van der Waals surface area contributed by atoms with Crippen molar-refractivity contribution in [3.63, 3.8) is 0 Å². The smallest absolute Gasteiger partial charge is 0.336 e. The molecule has 1 aliphatic rings. The average molecular weight is 384 g/mol. The number of esters is 2. The Morgan fingerprint density at radius 3 is 1.89 bits per heavy atom. The van der Waals surface area contributed by atoms with E-state index in [2.05, 4.69) is 0 Å². The van der Waals surface area contributed by atoms with Crippen LogP contribution in [0.5, 0.6) is 0 Å². The Morgan fingerprint density at radius 2 is 1.37 bits per heavy atom. The van der Waals surface area contributed by atoms with Crippen molar-refractivity contribution in [1.29, 1.82) is 0 Å². The van der Waals surface area contributed by atoms with Crippen molar-refractivity contribution in [3.8, 4) is 0 Å². The van der Waals surface area contributed by atoms with E-state index in [-0.39, 0.29) is 11.1 Å². The number of nitrogens with zero attached hydrogens (tertiary/aromatic N) is 1. The normalized spacial score (nSPS) is 14.3. The zero-order valence-corrected chi connectivity index (χ0v) is 15.6. The first-order valence-corrected chi connectivity index (χ1v) is 8.62. The van der Waals surface area contributed by atoms with Gasteiger partial charge in [0.25, 0.3) is 0 Å². The van der Waals surface area contributed by atoms with Gasteiger partial charge in [-0.1, -0.05) is 48.0 Å². The zero-order chi connectivity index (χ0) is 19.4. The number of carbonyl (C=O) groups is 2. The molecule has 27 heavy (non-hydrogen) atoms. The topological polar surface area (TPSA) is 55.8 Å². The van der Waals surface area contributed by atoms with Crippen LogP contribution >= 0.6 is 11.6 Å². The predicted molar refractivity (Wildman–Crippen MR) is 103 cm³/mol. The molecule has 0 amide bonds. The maximum atomic E-state index is 12.6. The first-order chi connectivity index (χ1) is 13.1. The lowest BCUT2D eigenvalue weighted by atomic mass is 9.83. The van der Waals surface area contributed by atoms with Gasteiger partial charge in [0, 0.05) is 23.1 Å². The molecule has 2 aromatic rings. The molecule has 0 unspecified atom stereocenters. The van der Waals surface area contributed by atoms with E-state index in [9.17, 15) is 9.59 Å². The van der Waals surface area contributed by atoms with Crippen LogP contribution in [0.25, 0.3) is 0 Å². The predicted octanol–water partition coefficient (Wildman–Crippen LogP) is 4.06. The molecule has 1 heterocycles. The van der Waals surface area contributed by atoms with Gasteiger partial charge in [0.1, 0.15) is 0 Å². The second-order valence-electron chi connectivity index (χ2n) is 5.85. The number of para-hydroxylation sites is 1. The maximum Gasteiger partial charge on any atom is 0.336 e. The summed E-state index contributed by atoms with van der Waals surface area (Å²) >= 11 is 6.37. The number of rotatable bonds is 4. The lowest BCUT2D eigenvalue weighted by Gasteiger charge is -2.30. The van der Waals surface area contributed by atoms with Crippen LogP contribution in [0.1, 0.15) is 11.5 Å². The van der Waals surface area contributed by atoms with Gasteiger partial charge in [0.15, 0.2) is 0 Å². The first kappa shape index (κ1) is 18.7. The van der Waals surface area contributed by atoms with Crippen molar-refractivity contribution in [3.05, 3.63) is 88.7 Å². The SMILES string of the molecule is COC(=O)C1=CN(c2ccccc2)C=C(C(=O)OC)C1c1ccccc1Cl. The Labute approximate surface area is 162 Å². The van der Waals surface area contributed by atoms with Gasteiger partial charge in [-0.25, -0.2) is 9.59 Å². The van der Waals surface area contributed by atoms with Crippen LogP contribution < -0.4 is 4.90 Å². The van der Waals surface area contributed by atoms with E-state index in [1.807, 2.05) is 30.3 Å². The van der Waals surface area contributed by atoms with Gasteiger partial charge in [-0.15, -0.1) is 0 Å². The van der Waals surface area contributed by atoms with E-state index < -0.39 is 17.9 Å². The molecule has 0 aromatic heterocycles. The number of anilines is 1. The van der Waals surface area contributed by atoms with E-state index in [0.717, 1.165) is 5.69 Å². The number of halogens is 1. The third-order valence-corrected chi connectivity index (χ3v) is 4.64. The second kappa shape index (κ2) is 8.10. The fourth-order valence-electron chi connectivity index (χ4n) is 3.02. The number of hydrogen-bond acceptors (Lipinski definition) is 5. The van der Waals surface area contributed by atoms with E-state index >= 15 is 0 Å². The summed E-state index contributed by atoms with van der Waals surface area (Å²) in [5, 5.41) is 0.445. The minimum absolute atomic E-state index is 0.289. The van der Waals surface area contributed by atoms with Gasteiger partial charge in [-0.2, -0.15) is 0 Å². The summed E-state index contributed by atoms with van der Waals surface area (Å²) in [6.45, 7) is 0. The molecule has 0 fully saturated rings. The van der Waals surface area contributed by atoms with Crippen LogP contribution in [0, 0.1) is 0 Å². The molecule has 0 radical (unpaired) electrons. The summed E-state index contributed by atoms with van der Waals surface area (Å²) < 4.78 is 9.94. The monoisotopic (exact) mass is 383 g/mol. The third-order valence-electron chi connectivity index (χ3n) is 4.29. The maximum absolute atomic E-state index is 12.6. The number of carbonyl (C=O) groups excluding carboxylic acids is 2. The number of benzene rings is 2. The number of hydrogen-bond donors (Lipinski definition) is 0. The van der Waals surface area contributed by atoms with Gasteiger partial charge in [-0.3, -0.25) is 0 Å². The molecule has 0 atom stereocenters. The first-order valence-electron chi connectivity index (χ1n) is 8.24. The van der Waals surface area contributed by atoms with Crippen LogP contribution in [0.4, 0.5) is 5.69 Å². The molecule has 0 saturated carbocycles. The summed E-state index contributed by atoms with van der Waals surface area (Å²) in [4.78, 5) is 26.8. The van der Waals surface area contributed by atoms with Crippen LogP contribution in [0.2, 0.25) is 5.02 Å². The minimum atomic E-state index is -0.696. The van der Waals surface area contributed by atoms with Gasteiger partial charge in [0.2, 0.25) is 0 Å². The summed E-state index contributed by atoms with van der Waals surface area (Å²) in [5.41, 5.74) is 1.99. The molecular weight excluding hydrogens is 366 g/mol. The molecule has 3 rings (SSSR count). The highest BCUT2D eigenvalue weighted by Gasteiger charge is 2.36. The van der Waals surface area contributed by atoms with Crippen molar-refractivity contribution in [2.24, 2.45) is 0 Å².